The van der Waals surface area contributed by atoms with Gasteiger partial charge in [0.25, 0.3) is 5.56 Å². The minimum absolute atomic E-state index is 0.109. The van der Waals surface area contributed by atoms with Crippen molar-refractivity contribution in [1.82, 2.24) is 4.57 Å². The van der Waals surface area contributed by atoms with Crippen LogP contribution in [0, 0.1) is 11.3 Å². The van der Waals surface area contributed by atoms with E-state index in [-0.39, 0.29) is 10.6 Å². The smallest absolute Gasteiger partial charge is 0.255 e. The average molecular weight is 437 g/mol. The number of pyridine rings is 1. The van der Waals surface area contributed by atoms with E-state index in [0.29, 0.717) is 24.3 Å². The minimum atomic E-state index is -1.81. The molecule has 0 fully saturated rings. The van der Waals surface area contributed by atoms with E-state index >= 15 is 0 Å². The Hall–Kier alpha value is -2.62. The maximum Gasteiger partial charge on any atom is 0.255 e. The molecule has 2 heterocycles. The van der Waals surface area contributed by atoms with Crippen molar-refractivity contribution in [3.05, 3.63) is 69.6 Å². The molecule has 1 aromatic carbocycles. The first-order valence-corrected chi connectivity index (χ1v) is 13.6. The van der Waals surface area contributed by atoms with Gasteiger partial charge in [0.05, 0.1) is 17.3 Å². The number of hydrogen-bond donors (Lipinski definition) is 0. The van der Waals surface area contributed by atoms with E-state index in [1.165, 1.54) is 0 Å². The van der Waals surface area contributed by atoms with Gasteiger partial charge in [-0.05, 0) is 74.3 Å². The molecule has 0 saturated heterocycles. The fraction of sp³-hybridized carbons (Fsp3) is 0.440. The van der Waals surface area contributed by atoms with Gasteiger partial charge in [0.15, 0.2) is 8.32 Å². The third-order valence-electron chi connectivity index (χ3n) is 6.15. The third-order valence-corrected chi connectivity index (χ3v) is 10.7. The zero-order valence-electron chi connectivity index (χ0n) is 19.6. The largest absolute Gasteiger partial charge is 0.483 e. The van der Waals surface area contributed by atoms with E-state index in [4.69, 9.17) is 9.16 Å². The van der Waals surface area contributed by atoms with Crippen LogP contribution >= 0.6 is 0 Å². The van der Waals surface area contributed by atoms with E-state index < -0.39 is 13.9 Å². The zero-order valence-corrected chi connectivity index (χ0v) is 20.6. The van der Waals surface area contributed by atoms with Crippen molar-refractivity contribution in [2.24, 2.45) is 0 Å². The molecule has 164 valence electrons. The molecule has 3 rings (SSSR count). The third kappa shape index (κ3) is 5.00. The molecule has 31 heavy (non-hydrogen) atoms. The van der Waals surface area contributed by atoms with Crippen LogP contribution in [0.25, 0.3) is 5.70 Å². The fourth-order valence-corrected chi connectivity index (χ4v) is 4.37. The summed E-state index contributed by atoms with van der Waals surface area (Å²) < 4.78 is 13.9. The molecule has 6 heteroatoms. The molecule has 0 aliphatic carbocycles. The Balaban J connectivity index is 1.87. The molecule has 1 aliphatic rings. The van der Waals surface area contributed by atoms with Crippen molar-refractivity contribution in [2.75, 3.05) is 6.61 Å². The van der Waals surface area contributed by atoms with Crippen molar-refractivity contribution in [3.63, 3.8) is 0 Å². The number of benzene rings is 1. The van der Waals surface area contributed by atoms with Gasteiger partial charge in [-0.15, -0.1) is 0 Å². The number of rotatable bonds is 5. The highest BCUT2D eigenvalue weighted by atomic mass is 28.4. The molecule has 0 radical (unpaired) electrons. The van der Waals surface area contributed by atoms with Crippen LogP contribution in [0.1, 0.15) is 51.3 Å². The van der Waals surface area contributed by atoms with Crippen molar-refractivity contribution >= 4 is 14.0 Å². The Labute approximate surface area is 186 Å². The first kappa shape index (κ1) is 23.0. The molecule has 0 spiro atoms. The molecule has 0 atom stereocenters. The van der Waals surface area contributed by atoms with E-state index in [1.807, 2.05) is 26.0 Å². The number of nitriles is 1. The lowest BCUT2D eigenvalue weighted by molar-refractivity contribution is 0.157. The van der Waals surface area contributed by atoms with Crippen LogP contribution < -0.4 is 10.3 Å². The Bertz CT molecular complexity index is 1110. The summed E-state index contributed by atoms with van der Waals surface area (Å²) in [5.41, 5.74) is 2.29. The van der Waals surface area contributed by atoms with E-state index in [1.54, 1.807) is 35.0 Å². The van der Waals surface area contributed by atoms with Gasteiger partial charge in [0.1, 0.15) is 11.4 Å². The lowest BCUT2D eigenvalue weighted by Crippen LogP contribution is -2.41. The van der Waals surface area contributed by atoms with Crippen LogP contribution in [0.4, 0.5) is 0 Å². The molecule has 0 N–H and O–H groups in total. The molecule has 0 saturated carbocycles. The van der Waals surface area contributed by atoms with E-state index in [2.05, 4.69) is 39.9 Å². The SMILES string of the molecule is CC1(C)C=C(n2ccc(CCO[Si](C)(C)C(C)(C)C)cc2=O)c2cc(C#N)ccc2O1. The molecule has 0 amide bonds. The second-order valence-electron chi connectivity index (χ2n) is 10.2. The summed E-state index contributed by atoms with van der Waals surface area (Å²) in [5.74, 6) is 0.667. The van der Waals surface area contributed by atoms with Gasteiger partial charge in [-0.2, -0.15) is 5.26 Å². The average Bonchev–Trinajstić information content (AvgIpc) is 2.65. The normalized spacial score (nSPS) is 15.5. The highest BCUT2D eigenvalue weighted by Crippen LogP contribution is 2.37. The lowest BCUT2D eigenvalue weighted by Gasteiger charge is -2.36. The molecule has 0 unspecified atom stereocenters. The predicted molar refractivity (Wildman–Crippen MR) is 127 cm³/mol. The molecule has 5 nitrogen and oxygen atoms in total. The van der Waals surface area contributed by atoms with Gasteiger partial charge >= 0.3 is 0 Å². The second-order valence-corrected chi connectivity index (χ2v) is 15.0. The van der Waals surface area contributed by atoms with Crippen molar-refractivity contribution in [1.29, 1.82) is 5.26 Å². The summed E-state index contributed by atoms with van der Waals surface area (Å²) in [7, 11) is -1.81. The standard InChI is InChI=1S/C25H32N2O3Si/c1-24(2,3)31(6,7)29-13-11-18-10-12-27(23(28)15-18)21-16-25(4,5)30-22-9-8-19(17-26)14-20(21)22/h8-10,12,14-16H,11,13H2,1-7H3. The van der Waals surface area contributed by atoms with Gasteiger partial charge in [0.2, 0.25) is 0 Å². The number of aromatic nitrogens is 1. The molecule has 0 bridgehead atoms. The number of ether oxygens (including phenoxy) is 1. The van der Waals surface area contributed by atoms with Crippen LogP contribution in [0.3, 0.4) is 0 Å². The van der Waals surface area contributed by atoms with Crippen LogP contribution in [-0.2, 0) is 10.8 Å². The first-order valence-electron chi connectivity index (χ1n) is 10.7. The highest BCUT2D eigenvalue weighted by molar-refractivity contribution is 6.74. The molecule has 2 aromatic rings. The minimum Gasteiger partial charge on any atom is -0.483 e. The summed E-state index contributed by atoms with van der Waals surface area (Å²) >= 11 is 0. The number of fused-ring (bicyclic) bond motifs is 1. The van der Waals surface area contributed by atoms with Gasteiger partial charge in [0, 0.05) is 24.4 Å². The van der Waals surface area contributed by atoms with Crippen LogP contribution in [0.5, 0.6) is 5.75 Å². The molecule has 1 aliphatic heterocycles. The predicted octanol–water partition coefficient (Wildman–Crippen LogP) is 5.34. The number of hydrogen-bond acceptors (Lipinski definition) is 4. The topological polar surface area (TPSA) is 64.2 Å². The quantitative estimate of drug-likeness (QED) is 0.593. The van der Waals surface area contributed by atoms with Crippen LogP contribution in [0.15, 0.2) is 47.4 Å². The molecular formula is C25H32N2O3Si. The van der Waals surface area contributed by atoms with Gasteiger partial charge in [-0.25, -0.2) is 0 Å². The fourth-order valence-electron chi connectivity index (χ4n) is 3.32. The van der Waals surface area contributed by atoms with Gasteiger partial charge in [-0.3, -0.25) is 9.36 Å². The van der Waals surface area contributed by atoms with E-state index in [9.17, 15) is 10.1 Å². The monoisotopic (exact) mass is 436 g/mol. The summed E-state index contributed by atoms with van der Waals surface area (Å²) in [5, 5.41) is 9.45. The maximum atomic E-state index is 13.0. The molecule has 1 aromatic heterocycles. The zero-order chi connectivity index (χ0) is 23.0. The summed E-state index contributed by atoms with van der Waals surface area (Å²) in [6, 6.07) is 11.1. The van der Waals surface area contributed by atoms with Crippen LogP contribution in [-0.4, -0.2) is 25.1 Å². The highest BCUT2D eigenvalue weighted by Gasteiger charge is 2.36. The Morgan fingerprint density at radius 1 is 1.19 bits per heavy atom. The lowest BCUT2D eigenvalue weighted by atomic mass is 9.97. The summed E-state index contributed by atoms with van der Waals surface area (Å²) in [6.45, 7) is 15.6. The Morgan fingerprint density at radius 2 is 1.90 bits per heavy atom. The summed E-state index contributed by atoms with van der Waals surface area (Å²) in [4.78, 5) is 13.0. The molecular weight excluding hydrogens is 404 g/mol. The van der Waals surface area contributed by atoms with Crippen molar-refractivity contribution in [2.45, 2.75) is 64.8 Å². The van der Waals surface area contributed by atoms with E-state index in [0.717, 1.165) is 16.8 Å². The summed E-state index contributed by atoms with van der Waals surface area (Å²) in [6.07, 6.45) is 4.43. The maximum absolute atomic E-state index is 13.0. The number of nitrogens with zero attached hydrogens (tertiary/aromatic N) is 2. The second kappa shape index (κ2) is 8.14. The van der Waals surface area contributed by atoms with Crippen molar-refractivity contribution < 1.29 is 9.16 Å². The van der Waals surface area contributed by atoms with Gasteiger partial charge < -0.3 is 9.16 Å². The first-order chi connectivity index (χ1) is 14.3. The Kier molecular flexibility index (Phi) is 6.05. The Morgan fingerprint density at radius 3 is 2.52 bits per heavy atom. The van der Waals surface area contributed by atoms with Crippen molar-refractivity contribution in [3.8, 4) is 11.8 Å². The van der Waals surface area contributed by atoms with Gasteiger partial charge in [-0.1, -0.05) is 20.8 Å². The van der Waals surface area contributed by atoms with Crippen LogP contribution in [0.2, 0.25) is 18.1 Å².